The van der Waals surface area contributed by atoms with Crippen molar-refractivity contribution in [3.63, 3.8) is 0 Å². The lowest BCUT2D eigenvalue weighted by Crippen LogP contribution is -2.62. The molecule has 6 nitrogen and oxygen atoms in total. The molecule has 118 valence electrons. The number of ether oxygens (including phenoxy) is 1. The third-order valence-corrected chi connectivity index (χ3v) is 5.30. The summed E-state index contributed by atoms with van der Waals surface area (Å²) in [6.45, 7) is 3.83. The van der Waals surface area contributed by atoms with E-state index in [1.807, 2.05) is 11.7 Å². The standard InChI is InChI=1S/C15H27N5O/c1-16-13(11-14-17-12-18-19(14)2)15(5-3-4-6-15)20-7-9-21-10-8-20/h12-13,16H,3-11H2,1-2H3. The van der Waals surface area contributed by atoms with Crippen LogP contribution in [0.3, 0.4) is 0 Å². The summed E-state index contributed by atoms with van der Waals surface area (Å²) < 4.78 is 7.45. The number of nitrogens with zero attached hydrogens (tertiary/aromatic N) is 4. The maximum atomic E-state index is 5.55. The minimum absolute atomic E-state index is 0.254. The van der Waals surface area contributed by atoms with Crippen LogP contribution in [0.4, 0.5) is 0 Å². The van der Waals surface area contributed by atoms with Crippen LogP contribution >= 0.6 is 0 Å². The Hall–Kier alpha value is -0.980. The average molecular weight is 293 g/mol. The first-order chi connectivity index (χ1) is 10.3. The van der Waals surface area contributed by atoms with Crippen LogP contribution in [0.15, 0.2) is 6.33 Å². The minimum atomic E-state index is 0.254. The van der Waals surface area contributed by atoms with Gasteiger partial charge < -0.3 is 10.1 Å². The van der Waals surface area contributed by atoms with Crippen molar-refractivity contribution in [2.45, 2.75) is 43.7 Å². The van der Waals surface area contributed by atoms with Gasteiger partial charge in [-0.25, -0.2) is 4.98 Å². The maximum absolute atomic E-state index is 5.55. The highest BCUT2D eigenvalue weighted by atomic mass is 16.5. The first-order valence-electron chi connectivity index (χ1n) is 8.09. The first kappa shape index (κ1) is 14.9. The summed E-state index contributed by atoms with van der Waals surface area (Å²) in [5.41, 5.74) is 0.254. The van der Waals surface area contributed by atoms with Gasteiger partial charge in [0.25, 0.3) is 0 Å². The summed E-state index contributed by atoms with van der Waals surface area (Å²) >= 11 is 0. The molecule has 2 heterocycles. The number of aromatic nitrogens is 3. The van der Waals surface area contributed by atoms with E-state index in [9.17, 15) is 0 Å². The zero-order valence-corrected chi connectivity index (χ0v) is 13.2. The second kappa shape index (κ2) is 6.42. The van der Waals surface area contributed by atoms with E-state index in [0.29, 0.717) is 6.04 Å². The molecule has 0 spiro atoms. The Bertz CT molecular complexity index is 449. The molecule has 6 heteroatoms. The normalized spacial score (nSPS) is 24.3. The lowest BCUT2D eigenvalue weighted by molar-refractivity contribution is -0.0350. The summed E-state index contributed by atoms with van der Waals surface area (Å²) in [4.78, 5) is 7.09. The highest BCUT2D eigenvalue weighted by Crippen LogP contribution is 2.39. The molecule has 1 aromatic heterocycles. The lowest BCUT2D eigenvalue weighted by atomic mass is 9.83. The van der Waals surface area contributed by atoms with Crippen LogP contribution in [0.5, 0.6) is 0 Å². The van der Waals surface area contributed by atoms with E-state index >= 15 is 0 Å². The molecule has 1 atom stereocenters. The monoisotopic (exact) mass is 293 g/mol. The van der Waals surface area contributed by atoms with Crippen molar-refractivity contribution < 1.29 is 4.74 Å². The van der Waals surface area contributed by atoms with Crippen LogP contribution in [0, 0.1) is 0 Å². The van der Waals surface area contributed by atoms with E-state index in [-0.39, 0.29) is 5.54 Å². The zero-order valence-electron chi connectivity index (χ0n) is 13.2. The van der Waals surface area contributed by atoms with Crippen molar-refractivity contribution in [3.05, 3.63) is 12.2 Å². The molecular weight excluding hydrogens is 266 g/mol. The number of aryl methyl sites for hydroxylation is 1. The van der Waals surface area contributed by atoms with Gasteiger partial charge in [-0.2, -0.15) is 5.10 Å². The van der Waals surface area contributed by atoms with Crippen molar-refractivity contribution in [2.24, 2.45) is 7.05 Å². The molecule has 2 aliphatic rings. The first-order valence-corrected chi connectivity index (χ1v) is 8.09. The van der Waals surface area contributed by atoms with Gasteiger partial charge in [0, 0.05) is 38.1 Å². The van der Waals surface area contributed by atoms with Crippen LogP contribution in [0.1, 0.15) is 31.5 Å². The van der Waals surface area contributed by atoms with E-state index in [1.54, 1.807) is 6.33 Å². The van der Waals surface area contributed by atoms with Gasteiger partial charge in [0.05, 0.1) is 13.2 Å². The van der Waals surface area contributed by atoms with Gasteiger partial charge in [-0.3, -0.25) is 9.58 Å². The molecule has 0 radical (unpaired) electrons. The fourth-order valence-corrected chi connectivity index (χ4v) is 4.13. The van der Waals surface area contributed by atoms with Gasteiger partial charge in [0.2, 0.25) is 0 Å². The largest absolute Gasteiger partial charge is 0.379 e. The average Bonchev–Trinajstić information content (AvgIpc) is 3.16. The van der Waals surface area contributed by atoms with E-state index in [2.05, 4.69) is 27.3 Å². The number of rotatable bonds is 5. The van der Waals surface area contributed by atoms with Crippen molar-refractivity contribution >= 4 is 0 Å². The molecular formula is C15H27N5O. The SMILES string of the molecule is CNC(Cc1ncnn1C)C1(N2CCOCC2)CCCC1. The van der Waals surface area contributed by atoms with Crippen LogP contribution in [0.2, 0.25) is 0 Å². The summed E-state index contributed by atoms with van der Waals surface area (Å²) in [6.07, 6.45) is 7.79. The van der Waals surface area contributed by atoms with Gasteiger partial charge in [0.1, 0.15) is 12.2 Å². The Labute approximate surface area is 126 Å². The number of nitrogens with one attached hydrogen (secondary N) is 1. The quantitative estimate of drug-likeness (QED) is 0.861. The van der Waals surface area contributed by atoms with Crippen molar-refractivity contribution in [2.75, 3.05) is 33.4 Å². The molecule has 1 aromatic rings. The maximum Gasteiger partial charge on any atom is 0.138 e. The third kappa shape index (κ3) is 2.84. The molecule has 1 N–H and O–H groups in total. The molecule has 0 aromatic carbocycles. The minimum Gasteiger partial charge on any atom is -0.379 e. The van der Waals surface area contributed by atoms with Crippen molar-refractivity contribution in [1.82, 2.24) is 25.0 Å². The van der Waals surface area contributed by atoms with Gasteiger partial charge in [-0.1, -0.05) is 12.8 Å². The van der Waals surface area contributed by atoms with Crippen molar-refractivity contribution in [1.29, 1.82) is 0 Å². The Balaban J connectivity index is 1.81. The van der Waals surface area contributed by atoms with E-state index < -0.39 is 0 Å². The zero-order chi connectivity index (χ0) is 14.7. The Morgan fingerprint density at radius 1 is 1.33 bits per heavy atom. The topological polar surface area (TPSA) is 55.2 Å². The summed E-state index contributed by atoms with van der Waals surface area (Å²) in [7, 11) is 4.06. The predicted molar refractivity (Wildman–Crippen MR) is 81.1 cm³/mol. The molecule has 1 aliphatic carbocycles. The van der Waals surface area contributed by atoms with Gasteiger partial charge >= 0.3 is 0 Å². The molecule has 1 aliphatic heterocycles. The molecule has 1 saturated heterocycles. The van der Waals surface area contributed by atoms with Crippen LogP contribution in [0.25, 0.3) is 0 Å². The smallest absolute Gasteiger partial charge is 0.138 e. The Morgan fingerprint density at radius 2 is 2.05 bits per heavy atom. The van der Waals surface area contributed by atoms with Crippen LogP contribution in [-0.4, -0.2) is 64.6 Å². The summed E-state index contributed by atoms with van der Waals surface area (Å²) in [5.74, 6) is 1.06. The van der Waals surface area contributed by atoms with E-state index in [1.165, 1.54) is 25.7 Å². The molecule has 2 fully saturated rings. The molecule has 0 amide bonds. The predicted octanol–water partition coefficient (Wildman–Crippen LogP) is 0.591. The number of morpholine rings is 1. The molecule has 0 bridgehead atoms. The van der Waals surface area contributed by atoms with Crippen LogP contribution in [-0.2, 0) is 18.2 Å². The molecule has 1 unspecified atom stereocenters. The second-order valence-electron chi connectivity index (χ2n) is 6.26. The number of hydrogen-bond donors (Lipinski definition) is 1. The van der Waals surface area contributed by atoms with Gasteiger partial charge in [-0.05, 0) is 19.9 Å². The fourth-order valence-electron chi connectivity index (χ4n) is 4.13. The lowest BCUT2D eigenvalue weighted by Gasteiger charge is -2.48. The highest BCUT2D eigenvalue weighted by molar-refractivity contribution is 5.07. The summed E-state index contributed by atoms with van der Waals surface area (Å²) in [6, 6.07) is 0.418. The fraction of sp³-hybridized carbons (Fsp3) is 0.867. The second-order valence-corrected chi connectivity index (χ2v) is 6.26. The Kier molecular flexibility index (Phi) is 4.57. The molecule has 1 saturated carbocycles. The molecule has 3 rings (SSSR count). The van der Waals surface area contributed by atoms with Crippen LogP contribution < -0.4 is 5.32 Å². The van der Waals surface area contributed by atoms with Gasteiger partial charge in [-0.15, -0.1) is 0 Å². The third-order valence-electron chi connectivity index (χ3n) is 5.30. The van der Waals surface area contributed by atoms with E-state index in [0.717, 1.165) is 38.5 Å². The van der Waals surface area contributed by atoms with E-state index in [4.69, 9.17) is 4.74 Å². The number of hydrogen-bond acceptors (Lipinski definition) is 5. The number of likely N-dealkylation sites (N-methyl/N-ethyl adjacent to an activating group) is 1. The van der Waals surface area contributed by atoms with Gasteiger partial charge in [0.15, 0.2) is 0 Å². The van der Waals surface area contributed by atoms with Crippen molar-refractivity contribution in [3.8, 4) is 0 Å². The summed E-state index contributed by atoms with van der Waals surface area (Å²) in [5, 5.41) is 7.79. The molecule has 21 heavy (non-hydrogen) atoms. The Morgan fingerprint density at radius 3 is 2.62 bits per heavy atom. The highest BCUT2D eigenvalue weighted by Gasteiger charge is 2.46.